The summed E-state index contributed by atoms with van der Waals surface area (Å²) >= 11 is 0. The van der Waals surface area contributed by atoms with E-state index in [4.69, 9.17) is 4.74 Å². The number of ether oxygens (including phenoxy) is 1. The number of anilines is 2. The van der Waals surface area contributed by atoms with Crippen molar-refractivity contribution < 1.29 is 9.53 Å². The van der Waals surface area contributed by atoms with E-state index < -0.39 is 0 Å². The van der Waals surface area contributed by atoms with Gasteiger partial charge >= 0.3 is 0 Å². The highest BCUT2D eigenvalue weighted by Gasteiger charge is 2.22. The highest BCUT2D eigenvalue weighted by Crippen LogP contribution is 2.34. The molecule has 2 N–H and O–H groups in total. The minimum Gasteiger partial charge on any atom is -0.383 e. The van der Waals surface area contributed by atoms with Gasteiger partial charge in [0.15, 0.2) is 0 Å². The molecule has 0 aliphatic heterocycles. The molecular weight excluding hydrogens is 380 g/mol. The number of methoxy groups -OCH3 is 1. The van der Waals surface area contributed by atoms with E-state index >= 15 is 0 Å². The third kappa shape index (κ3) is 4.43. The number of carbonyl (C=O) groups is 1. The predicted octanol–water partition coefficient (Wildman–Crippen LogP) is 3.61. The Kier molecular flexibility index (Phi) is 6.23. The molecule has 0 spiro atoms. The van der Waals surface area contributed by atoms with E-state index in [2.05, 4.69) is 25.7 Å². The Morgan fingerprint density at radius 3 is 2.77 bits per heavy atom. The average molecular weight is 409 g/mol. The maximum atomic E-state index is 12.7. The lowest BCUT2D eigenvalue weighted by atomic mass is 9.89. The smallest absolute Gasteiger partial charge is 0.228 e. The fraction of sp³-hybridized carbons (Fsp3) is 0.455. The second kappa shape index (κ2) is 9.21. The van der Waals surface area contributed by atoms with Crippen LogP contribution in [-0.4, -0.2) is 45.9 Å². The van der Waals surface area contributed by atoms with E-state index in [9.17, 15) is 4.79 Å². The third-order valence-electron chi connectivity index (χ3n) is 5.61. The Labute approximate surface area is 176 Å². The van der Waals surface area contributed by atoms with Crippen LogP contribution >= 0.6 is 0 Å². The lowest BCUT2D eigenvalue weighted by Gasteiger charge is -2.20. The largest absolute Gasteiger partial charge is 0.383 e. The summed E-state index contributed by atoms with van der Waals surface area (Å²) < 4.78 is 6.97. The number of rotatable bonds is 7. The van der Waals surface area contributed by atoms with Crippen LogP contribution in [0.3, 0.4) is 0 Å². The number of aromatic nitrogens is 4. The monoisotopic (exact) mass is 408 g/mol. The molecule has 0 bridgehead atoms. The van der Waals surface area contributed by atoms with Gasteiger partial charge in [-0.15, -0.1) is 0 Å². The molecule has 1 saturated carbocycles. The van der Waals surface area contributed by atoms with Gasteiger partial charge < -0.3 is 15.4 Å². The van der Waals surface area contributed by atoms with E-state index in [1.807, 2.05) is 31.7 Å². The number of carbonyl (C=O) groups excluding carboxylic acids is 1. The van der Waals surface area contributed by atoms with Crippen molar-refractivity contribution in [2.75, 3.05) is 30.9 Å². The molecule has 0 saturated heterocycles. The Morgan fingerprint density at radius 2 is 2.03 bits per heavy atom. The van der Waals surface area contributed by atoms with Crippen LogP contribution in [0.2, 0.25) is 0 Å². The molecule has 4 rings (SSSR count). The van der Waals surface area contributed by atoms with Crippen LogP contribution in [0.5, 0.6) is 0 Å². The van der Waals surface area contributed by atoms with Crippen LogP contribution in [-0.2, 0) is 16.6 Å². The standard InChI is InChI=1S/C22H28N6O2/c1-28-14-16(11-26-28)18-12-24-19-13-25-20(10-17(19)21(18)23-8-9-30-2)27-22(29)15-6-4-3-5-7-15/h10-15H,3-9H2,1-2H3,(H,23,24)(H,25,27,29). The highest BCUT2D eigenvalue weighted by molar-refractivity contribution is 6.01. The van der Waals surface area contributed by atoms with Crippen molar-refractivity contribution in [3.05, 3.63) is 30.9 Å². The van der Waals surface area contributed by atoms with E-state index in [1.165, 1.54) is 6.42 Å². The zero-order valence-corrected chi connectivity index (χ0v) is 17.5. The van der Waals surface area contributed by atoms with E-state index in [0.29, 0.717) is 19.0 Å². The number of nitrogens with zero attached hydrogens (tertiary/aromatic N) is 4. The summed E-state index contributed by atoms with van der Waals surface area (Å²) in [5.41, 5.74) is 3.61. The van der Waals surface area contributed by atoms with Crippen LogP contribution in [0.15, 0.2) is 30.9 Å². The fourth-order valence-electron chi connectivity index (χ4n) is 4.00. The van der Waals surface area contributed by atoms with Crippen molar-refractivity contribution in [3.8, 4) is 11.1 Å². The molecule has 8 heteroatoms. The molecule has 158 valence electrons. The maximum Gasteiger partial charge on any atom is 0.228 e. The van der Waals surface area contributed by atoms with Crippen LogP contribution < -0.4 is 10.6 Å². The van der Waals surface area contributed by atoms with Crippen molar-refractivity contribution in [2.24, 2.45) is 13.0 Å². The lowest BCUT2D eigenvalue weighted by molar-refractivity contribution is -0.120. The molecule has 3 aromatic heterocycles. The molecule has 1 aliphatic carbocycles. The van der Waals surface area contributed by atoms with Gasteiger partial charge in [0.1, 0.15) is 5.82 Å². The van der Waals surface area contributed by atoms with Crippen LogP contribution in [0.25, 0.3) is 22.0 Å². The number of amides is 1. The quantitative estimate of drug-likeness (QED) is 0.580. The van der Waals surface area contributed by atoms with Gasteiger partial charge in [0.2, 0.25) is 5.91 Å². The normalized spacial score (nSPS) is 14.7. The third-order valence-corrected chi connectivity index (χ3v) is 5.61. The minimum atomic E-state index is 0.0619. The number of fused-ring (bicyclic) bond motifs is 1. The number of pyridine rings is 2. The van der Waals surface area contributed by atoms with Gasteiger partial charge in [-0.25, -0.2) is 4.98 Å². The number of nitrogens with one attached hydrogen (secondary N) is 2. The molecule has 30 heavy (non-hydrogen) atoms. The Hall–Kier alpha value is -3.00. The van der Waals surface area contributed by atoms with E-state index in [1.54, 1.807) is 18.0 Å². The van der Waals surface area contributed by atoms with Gasteiger partial charge in [-0.2, -0.15) is 5.10 Å². The summed E-state index contributed by atoms with van der Waals surface area (Å²) in [6.45, 7) is 1.22. The van der Waals surface area contributed by atoms with Crippen molar-refractivity contribution in [1.82, 2.24) is 19.7 Å². The SMILES string of the molecule is COCCNc1c(-c2cnn(C)c2)cnc2cnc(NC(=O)C3CCCCC3)cc12. The molecule has 0 radical (unpaired) electrons. The zero-order chi connectivity index (χ0) is 20.9. The van der Waals surface area contributed by atoms with Crippen molar-refractivity contribution in [3.63, 3.8) is 0 Å². The van der Waals surface area contributed by atoms with Crippen LogP contribution in [0, 0.1) is 5.92 Å². The molecular formula is C22H28N6O2. The fourth-order valence-corrected chi connectivity index (χ4v) is 4.00. The summed E-state index contributed by atoms with van der Waals surface area (Å²) in [6, 6.07) is 1.90. The molecule has 0 unspecified atom stereocenters. The molecule has 3 heterocycles. The first-order valence-corrected chi connectivity index (χ1v) is 10.5. The first-order chi connectivity index (χ1) is 14.7. The van der Waals surface area contributed by atoms with Gasteiger partial charge in [0, 0.05) is 55.5 Å². The first kappa shape index (κ1) is 20.3. The van der Waals surface area contributed by atoms with Crippen LogP contribution in [0.1, 0.15) is 32.1 Å². The minimum absolute atomic E-state index is 0.0619. The van der Waals surface area contributed by atoms with Gasteiger partial charge in [-0.05, 0) is 18.9 Å². The van der Waals surface area contributed by atoms with Crippen molar-refractivity contribution >= 4 is 28.3 Å². The van der Waals surface area contributed by atoms with Crippen LogP contribution in [0.4, 0.5) is 11.5 Å². The zero-order valence-electron chi connectivity index (χ0n) is 17.5. The second-order valence-corrected chi connectivity index (χ2v) is 7.78. The molecule has 1 fully saturated rings. The van der Waals surface area contributed by atoms with Gasteiger partial charge in [0.25, 0.3) is 0 Å². The Bertz CT molecular complexity index is 1030. The lowest BCUT2D eigenvalue weighted by Crippen LogP contribution is -2.25. The summed E-state index contributed by atoms with van der Waals surface area (Å²) in [6.07, 6.45) is 12.7. The molecule has 0 atom stereocenters. The predicted molar refractivity (Wildman–Crippen MR) is 117 cm³/mol. The molecule has 3 aromatic rings. The summed E-state index contributed by atoms with van der Waals surface area (Å²) in [5.74, 6) is 0.695. The average Bonchev–Trinajstić information content (AvgIpc) is 3.20. The molecule has 8 nitrogen and oxygen atoms in total. The first-order valence-electron chi connectivity index (χ1n) is 10.5. The Morgan fingerprint density at radius 1 is 1.20 bits per heavy atom. The van der Waals surface area contributed by atoms with Crippen molar-refractivity contribution in [1.29, 1.82) is 0 Å². The van der Waals surface area contributed by atoms with Gasteiger partial charge in [-0.3, -0.25) is 14.5 Å². The topological polar surface area (TPSA) is 94.0 Å². The summed E-state index contributed by atoms with van der Waals surface area (Å²) in [5, 5.41) is 11.7. The van der Waals surface area contributed by atoms with Gasteiger partial charge in [-0.1, -0.05) is 19.3 Å². The van der Waals surface area contributed by atoms with Crippen molar-refractivity contribution in [2.45, 2.75) is 32.1 Å². The second-order valence-electron chi connectivity index (χ2n) is 7.78. The summed E-state index contributed by atoms with van der Waals surface area (Å²) in [4.78, 5) is 21.7. The van der Waals surface area contributed by atoms with E-state index in [0.717, 1.165) is 53.4 Å². The summed E-state index contributed by atoms with van der Waals surface area (Å²) in [7, 11) is 3.57. The molecule has 1 aliphatic rings. The Balaban J connectivity index is 1.69. The highest BCUT2D eigenvalue weighted by atomic mass is 16.5. The number of hydrogen-bond donors (Lipinski definition) is 2. The number of hydrogen-bond acceptors (Lipinski definition) is 6. The maximum absolute atomic E-state index is 12.7. The van der Waals surface area contributed by atoms with Gasteiger partial charge in [0.05, 0.1) is 30.2 Å². The van der Waals surface area contributed by atoms with E-state index in [-0.39, 0.29) is 11.8 Å². The molecule has 1 amide bonds. The number of aryl methyl sites for hydroxylation is 1. The molecule has 0 aromatic carbocycles.